The van der Waals surface area contributed by atoms with Gasteiger partial charge in [0, 0.05) is 12.1 Å². The zero-order chi connectivity index (χ0) is 14.5. The van der Waals surface area contributed by atoms with Crippen LogP contribution in [-0.2, 0) is 10.0 Å². The molecular formula is C12H15BrClNO3S. The van der Waals surface area contributed by atoms with Crippen molar-refractivity contribution in [3.05, 3.63) is 28.8 Å². The van der Waals surface area contributed by atoms with Gasteiger partial charge in [-0.05, 0) is 24.6 Å². The van der Waals surface area contributed by atoms with Gasteiger partial charge in [-0.15, -0.1) is 0 Å². The van der Waals surface area contributed by atoms with Crippen LogP contribution in [-0.4, -0.2) is 26.1 Å². The first kappa shape index (κ1) is 16.6. The van der Waals surface area contributed by atoms with E-state index in [1.807, 2.05) is 6.92 Å². The summed E-state index contributed by atoms with van der Waals surface area (Å²) in [6.45, 7) is 2.32. The van der Waals surface area contributed by atoms with E-state index < -0.39 is 10.0 Å². The van der Waals surface area contributed by atoms with Crippen LogP contribution in [0.25, 0.3) is 0 Å². The lowest BCUT2D eigenvalue weighted by Crippen LogP contribution is -2.25. The summed E-state index contributed by atoms with van der Waals surface area (Å²) >= 11 is 8.95. The highest BCUT2D eigenvalue weighted by Gasteiger charge is 2.19. The number of halogens is 2. The number of sulfonamides is 1. The van der Waals surface area contributed by atoms with Crippen LogP contribution in [0.2, 0.25) is 5.02 Å². The van der Waals surface area contributed by atoms with Crippen molar-refractivity contribution in [1.82, 2.24) is 4.72 Å². The number of carbonyl (C=O) groups is 1. The largest absolute Gasteiger partial charge is 0.293 e. The zero-order valence-electron chi connectivity index (χ0n) is 10.4. The maximum absolute atomic E-state index is 12.1. The number of carbonyl (C=O) groups excluding carboxylic acids is 1. The SMILES string of the molecule is CCCCNS(=O)(=O)c1cc(C(=O)CBr)ccc1Cl. The standard InChI is InChI=1S/C12H15BrClNO3S/c1-2-3-6-15-19(17,18)12-7-9(11(16)8-13)4-5-10(12)14/h4-5,7,15H,2-3,6,8H2,1H3. The molecule has 0 aliphatic carbocycles. The Labute approximate surface area is 126 Å². The molecule has 106 valence electrons. The molecular weight excluding hydrogens is 354 g/mol. The van der Waals surface area contributed by atoms with Crippen LogP contribution in [0.15, 0.2) is 23.1 Å². The van der Waals surface area contributed by atoms with E-state index in [1.54, 1.807) is 0 Å². The van der Waals surface area contributed by atoms with Crippen LogP contribution in [0.1, 0.15) is 30.1 Å². The van der Waals surface area contributed by atoms with Gasteiger partial charge in [-0.2, -0.15) is 0 Å². The average molecular weight is 369 g/mol. The number of ketones is 1. The van der Waals surface area contributed by atoms with E-state index in [1.165, 1.54) is 18.2 Å². The highest BCUT2D eigenvalue weighted by Crippen LogP contribution is 2.23. The van der Waals surface area contributed by atoms with Gasteiger partial charge in [-0.3, -0.25) is 4.79 Å². The van der Waals surface area contributed by atoms with Crippen molar-refractivity contribution in [2.24, 2.45) is 0 Å². The summed E-state index contributed by atoms with van der Waals surface area (Å²) in [7, 11) is -3.68. The number of unbranched alkanes of at least 4 members (excludes halogenated alkanes) is 1. The molecule has 1 N–H and O–H groups in total. The molecule has 0 amide bonds. The fraction of sp³-hybridized carbons (Fsp3) is 0.417. The van der Waals surface area contributed by atoms with Crippen molar-refractivity contribution in [2.45, 2.75) is 24.7 Å². The van der Waals surface area contributed by atoms with Crippen molar-refractivity contribution in [3.8, 4) is 0 Å². The molecule has 19 heavy (non-hydrogen) atoms. The van der Waals surface area contributed by atoms with Crippen LogP contribution in [0.4, 0.5) is 0 Å². The number of benzene rings is 1. The summed E-state index contributed by atoms with van der Waals surface area (Å²) in [6, 6.07) is 4.24. The van der Waals surface area contributed by atoms with Crippen LogP contribution in [0.5, 0.6) is 0 Å². The second kappa shape index (κ2) is 7.38. The van der Waals surface area contributed by atoms with Gasteiger partial charge in [-0.25, -0.2) is 13.1 Å². The summed E-state index contributed by atoms with van der Waals surface area (Å²) < 4.78 is 26.6. The lowest BCUT2D eigenvalue weighted by Gasteiger charge is -2.09. The summed E-state index contributed by atoms with van der Waals surface area (Å²) in [5.74, 6) is -0.193. The Bertz CT molecular complexity index is 560. The number of Topliss-reactive ketones (excluding diaryl/α,β-unsaturated/α-hetero) is 1. The van der Waals surface area contributed by atoms with E-state index in [-0.39, 0.29) is 21.0 Å². The number of hydrogen-bond acceptors (Lipinski definition) is 3. The van der Waals surface area contributed by atoms with Crippen molar-refractivity contribution in [2.75, 3.05) is 11.9 Å². The smallest absolute Gasteiger partial charge is 0.242 e. The maximum atomic E-state index is 12.1. The molecule has 0 saturated carbocycles. The van der Waals surface area contributed by atoms with Gasteiger partial charge < -0.3 is 0 Å². The van der Waals surface area contributed by atoms with Crippen molar-refractivity contribution in [1.29, 1.82) is 0 Å². The summed E-state index contributed by atoms with van der Waals surface area (Å²) in [5.41, 5.74) is 0.317. The molecule has 0 saturated heterocycles. The van der Waals surface area contributed by atoms with Gasteiger partial charge in [0.2, 0.25) is 10.0 Å². The van der Waals surface area contributed by atoms with Gasteiger partial charge in [0.25, 0.3) is 0 Å². The second-order valence-corrected chi connectivity index (χ2v) is 6.66. The van der Waals surface area contributed by atoms with Crippen LogP contribution < -0.4 is 4.72 Å². The fourth-order valence-corrected chi connectivity index (χ4v) is 3.34. The highest BCUT2D eigenvalue weighted by molar-refractivity contribution is 9.09. The molecule has 4 nitrogen and oxygen atoms in total. The summed E-state index contributed by atoms with van der Waals surface area (Å²) in [4.78, 5) is 11.5. The number of nitrogens with one attached hydrogen (secondary N) is 1. The molecule has 0 spiro atoms. The Morgan fingerprint density at radius 1 is 1.42 bits per heavy atom. The predicted molar refractivity (Wildman–Crippen MR) is 79.7 cm³/mol. The lowest BCUT2D eigenvalue weighted by molar-refractivity contribution is 0.102. The fourth-order valence-electron chi connectivity index (χ4n) is 1.42. The third-order valence-electron chi connectivity index (χ3n) is 2.49. The molecule has 1 aromatic rings. The van der Waals surface area contributed by atoms with Crippen molar-refractivity contribution < 1.29 is 13.2 Å². The molecule has 0 aromatic heterocycles. The Hall–Kier alpha value is -0.430. The minimum absolute atomic E-state index is 0.0583. The molecule has 0 unspecified atom stereocenters. The Morgan fingerprint density at radius 3 is 2.68 bits per heavy atom. The van der Waals surface area contributed by atoms with Gasteiger partial charge in [0.05, 0.1) is 10.4 Å². The first-order valence-corrected chi connectivity index (χ1v) is 8.79. The third-order valence-corrected chi connectivity index (χ3v) is 4.94. The van der Waals surface area contributed by atoms with Crippen LogP contribution in [0, 0.1) is 0 Å². The molecule has 0 heterocycles. The Kier molecular flexibility index (Phi) is 6.46. The lowest BCUT2D eigenvalue weighted by atomic mass is 10.1. The predicted octanol–water partition coefficient (Wildman–Crippen LogP) is 3.00. The first-order valence-electron chi connectivity index (χ1n) is 5.80. The molecule has 0 radical (unpaired) electrons. The van der Waals surface area contributed by atoms with Gasteiger partial charge >= 0.3 is 0 Å². The molecule has 0 atom stereocenters. The molecule has 7 heteroatoms. The molecule has 0 aliphatic heterocycles. The number of hydrogen-bond donors (Lipinski definition) is 1. The van der Waals surface area contributed by atoms with Gasteiger partial charge in [0.1, 0.15) is 4.90 Å². The molecule has 0 aliphatic rings. The van der Waals surface area contributed by atoms with Crippen molar-refractivity contribution >= 4 is 43.3 Å². The quantitative estimate of drug-likeness (QED) is 0.457. The number of alkyl halides is 1. The van der Waals surface area contributed by atoms with E-state index in [2.05, 4.69) is 20.7 Å². The average Bonchev–Trinajstić information content (AvgIpc) is 2.38. The first-order chi connectivity index (χ1) is 8.92. The molecule has 0 bridgehead atoms. The monoisotopic (exact) mass is 367 g/mol. The molecule has 1 rings (SSSR count). The normalized spacial score (nSPS) is 11.5. The highest BCUT2D eigenvalue weighted by atomic mass is 79.9. The minimum atomic E-state index is -3.68. The van der Waals surface area contributed by atoms with E-state index in [0.717, 1.165) is 12.8 Å². The van der Waals surface area contributed by atoms with E-state index in [9.17, 15) is 13.2 Å². The van der Waals surface area contributed by atoms with Crippen LogP contribution >= 0.6 is 27.5 Å². The second-order valence-electron chi connectivity index (χ2n) is 3.95. The Morgan fingerprint density at radius 2 is 2.11 bits per heavy atom. The van der Waals surface area contributed by atoms with Crippen molar-refractivity contribution in [3.63, 3.8) is 0 Å². The molecule has 1 aromatic carbocycles. The van der Waals surface area contributed by atoms with E-state index in [4.69, 9.17) is 11.6 Å². The maximum Gasteiger partial charge on any atom is 0.242 e. The zero-order valence-corrected chi connectivity index (χ0v) is 13.6. The van der Waals surface area contributed by atoms with E-state index in [0.29, 0.717) is 12.1 Å². The number of rotatable bonds is 7. The molecule has 0 fully saturated rings. The topological polar surface area (TPSA) is 63.2 Å². The third kappa shape index (κ3) is 4.56. The Balaban J connectivity index is 3.07. The van der Waals surface area contributed by atoms with Gasteiger partial charge in [-0.1, -0.05) is 40.9 Å². The minimum Gasteiger partial charge on any atom is -0.293 e. The van der Waals surface area contributed by atoms with Gasteiger partial charge in [0.15, 0.2) is 5.78 Å². The van der Waals surface area contributed by atoms with E-state index >= 15 is 0 Å². The summed E-state index contributed by atoms with van der Waals surface area (Å²) in [6.07, 6.45) is 1.63. The van der Waals surface area contributed by atoms with Crippen LogP contribution in [0.3, 0.4) is 0 Å². The summed E-state index contributed by atoms with van der Waals surface area (Å²) in [5, 5.41) is 0.243.